The van der Waals surface area contributed by atoms with Crippen LogP contribution < -0.4 is 24.3 Å². The van der Waals surface area contributed by atoms with Gasteiger partial charge in [-0.25, -0.2) is 4.79 Å². The van der Waals surface area contributed by atoms with Crippen LogP contribution in [-0.2, 0) is 14.3 Å². The molecule has 1 aliphatic rings. The summed E-state index contributed by atoms with van der Waals surface area (Å²) in [4.78, 5) is 23.3. The van der Waals surface area contributed by atoms with Crippen LogP contribution in [0.1, 0.15) is 5.56 Å². The fourth-order valence-electron chi connectivity index (χ4n) is 2.73. The number of rotatable bonds is 8. The average Bonchev–Trinajstić information content (AvgIpc) is 2.79. The number of methoxy groups -OCH3 is 2. The van der Waals surface area contributed by atoms with Crippen molar-refractivity contribution in [3.05, 3.63) is 54.1 Å². The lowest BCUT2D eigenvalue weighted by molar-refractivity contribution is -0.134. The van der Waals surface area contributed by atoms with Crippen LogP contribution in [0.4, 0.5) is 0 Å². The van der Waals surface area contributed by atoms with E-state index in [9.17, 15) is 9.59 Å². The summed E-state index contributed by atoms with van der Waals surface area (Å²) >= 11 is 0. The molecule has 1 aliphatic heterocycles. The molecular weight excluding hydrogens is 390 g/mol. The number of carbonyl (C=O) groups is 2. The highest BCUT2D eigenvalue weighted by Crippen LogP contribution is 2.31. The van der Waals surface area contributed by atoms with Crippen molar-refractivity contribution in [3.8, 4) is 23.0 Å². The Balaban J connectivity index is 1.48. The highest BCUT2D eigenvalue weighted by molar-refractivity contribution is 5.87. The van der Waals surface area contributed by atoms with Crippen LogP contribution in [0.3, 0.4) is 0 Å². The number of para-hydroxylation sites is 2. The van der Waals surface area contributed by atoms with E-state index >= 15 is 0 Å². The molecule has 2 aromatic carbocycles. The van der Waals surface area contributed by atoms with Gasteiger partial charge in [0.25, 0.3) is 5.91 Å². The molecule has 0 aliphatic carbocycles. The zero-order chi connectivity index (χ0) is 21.3. The maximum atomic E-state index is 12.1. The van der Waals surface area contributed by atoms with E-state index in [-0.39, 0.29) is 18.6 Å². The third-order valence-electron chi connectivity index (χ3n) is 4.25. The molecule has 1 heterocycles. The summed E-state index contributed by atoms with van der Waals surface area (Å²) in [6.45, 7) is 0.468. The fourth-order valence-corrected chi connectivity index (χ4v) is 2.73. The number of esters is 1. The molecule has 8 nitrogen and oxygen atoms in total. The number of hydrogen-bond acceptors (Lipinski definition) is 7. The lowest BCUT2D eigenvalue weighted by atomic mass is 10.2. The third kappa shape index (κ3) is 5.66. The average molecular weight is 413 g/mol. The molecule has 158 valence electrons. The normalized spacial score (nSPS) is 14.8. The van der Waals surface area contributed by atoms with Crippen LogP contribution >= 0.6 is 0 Å². The smallest absolute Gasteiger partial charge is 0.330 e. The zero-order valence-electron chi connectivity index (χ0n) is 16.8. The SMILES string of the molecule is COC(=O)/C=C/c1ccc(OCC(=O)NCC2COc3ccccc3O2)c(OC)c1. The van der Waals surface area contributed by atoms with Crippen molar-refractivity contribution >= 4 is 18.0 Å². The molecule has 1 N–H and O–H groups in total. The minimum absolute atomic E-state index is 0.183. The molecule has 30 heavy (non-hydrogen) atoms. The summed E-state index contributed by atoms with van der Waals surface area (Å²) in [5, 5.41) is 2.77. The predicted molar refractivity (Wildman–Crippen MR) is 109 cm³/mol. The molecule has 0 saturated carbocycles. The standard InChI is InChI=1S/C22H23NO7/c1-26-20-11-15(8-10-22(25)27-2)7-9-18(20)29-14-21(24)23-12-16-13-28-17-5-3-4-6-19(17)30-16/h3-11,16H,12-14H2,1-2H3,(H,23,24)/b10-8+. The topological polar surface area (TPSA) is 92.3 Å². The van der Waals surface area contributed by atoms with Crippen molar-refractivity contribution in [1.29, 1.82) is 0 Å². The van der Waals surface area contributed by atoms with Gasteiger partial charge in [-0.3, -0.25) is 4.79 Å². The van der Waals surface area contributed by atoms with Crippen LogP contribution in [0, 0.1) is 0 Å². The fraction of sp³-hybridized carbons (Fsp3) is 0.273. The van der Waals surface area contributed by atoms with E-state index in [2.05, 4.69) is 10.1 Å². The van der Waals surface area contributed by atoms with E-state index in [1.807, 2.05) is 24.3 Å². The first-order chi connectivity index (χ1) is 14.6. The number of ether oxygens (including phenoxy) is 5. The number of carbonyl (C=O) groups excluding carboxylic acids is 2. The van der Waals surface area contributed by atoms with E-state index in [1.165, 1.54) is 20.3 Å². The Morgan fingerprint density at radius 2 is 1.93 bits per heavy atom. The van der Waals surface area contributed by atoms with Gasteiger partial charge in [0.15, 0.2) is 29.6 Å². The lowest BCUT2D eigenvalue weighted by Crippen LogP contribution is -2.42. The molecule has 8 heteroatoms. The maximum Gasteiger partial charge on any atom is 0.330 e. The Morgan fingerprint density at radius 3 is 2.70 bits per heavy atom. The number of fused-ring (bicyclic) bond motifs is 1. The zero-order valence-corrected chi connectivity index (χ0v) is 16.8. The summed E-state index contributed by atoms with van der Waals surface area (Å²) in [6, 6.07) is 12.5. The van der Waals surface area contributed by atoms with Gasteiger partial charge in [-0.2, -0.15) is 0 Å². The predicted octanol–water partition coefficient (Wildman–Crippen LogP) is 2.22. The third-order valence-corrected chi connectivity index (χ3v) is 4.25. The highest BCUT2D eigenvalue weighted by atomic mass is 16.6. The van der Waals surface area contributed by atoms with Crippen molar-refractivity contribution in [2.75, 3.05) is 34.0 Å². The van der Waals surface area contributed by atoms with Crippen LogP contribution in [0.15, 0.2) is 48.5 Å². The van der Waals surface area contributed by atoms with Crippen molar-refractivity contribution in [1.82, 2.24) is 5.32 Å². The van der Waals surface area contributed by atoms with E-state index in [0.717, 1.165) is 5.56 Å². The Labute approximate surface area is 174 Å². The van der Waals surface area contributed by atoms with Gasteiger partial charge in [0, 0.05) is 6.08 Å². The van der Waals surface area contributed by atoms with Crippen LogP contribution in [0.25, 0.3) is 6.08 Å². The second-order valence-corrected chi connectivity index (χ2v) is 6.36. The second-order valence-electron chi connectivity index (χ2n) is 6.36. The Kier molecular flexibility index (Phi) is 7.15. The second kappa shape index (κ2) is 10.2. The van der Waals surface area contributed by atoms with E-state index in [1.54, 1.807) is 24.3 Å². The van der Waals surface area contributed by atoms with Crippen molar-refractivity contribution < 1.29 is 33.3 Å². The molecule has 3 rings (SSSR count). The molecule has 0 aromatic heterocycles. The van der Waals surface area contributed by atoms with Crippen molar-refractivity contribution in [2.24, 2.45) is 0 Å². The molecule has 0 radical (unpaired) electrons. The Bertz CT molecular complexity index is 925. The first-order valence-electron chi connectivity index (χ1n) is 9.31. The monoisotopic (exact) mass is 413 g/mol. The summed E-state index contributed by atoms with van der Waals surface area (Å²) in [5.74, 6) is 1.45. The van der Waals surface area contributed by atoms with Gasteiger partial charge in [0.05, 0.1) is 20.8 Å². The quantitative estimate of drug-likeness (QED) is 0.524. The van der Waals surface area contributed by atoms with Gasteiger partial charge < -0.3 is 29.0 Å². The molecule has 0 bridgehead atoms. The Morgan fingerprint density at radius 1 is 1.13 bits per heavy atom. The van der Waals surface area contributed by atoms with Crippen molar-refractivity contribution in [2.45, 2.75) is 6.10 Å². The number of benzene rings is 2. The summed E-state index contributed by atoms with van der Waals surface area (Å²) in [6.07, 6.45) is 2.62. The largest absolute Gasteiger partial charge is 0.493 e. The highest BCUT2D eigenvalue weighted by Gasteiger charge is 2.21. The van der Waals surface area contributed by atoms with E-state index < -0.39 is 5.97 Å². The van der Waals surface area contributed by atoms with Crippen LogP contribution in [0.2, 0.25) is 0 Å². The van der Waals surface area contributed by atoms with Crippen molar-refractivity contribution in [3.63, 3.8) is 0 Å². The molecule has 0 fully saturated rings. The van der Waals surface area contributed by atoms with Gasteiger partial charge in [0.1, 0.15) is 12.7 Å². The molecule has 0 saturated heterocycles. The van der Waals surface area contributed by atoms with Gasteiger partial charge in [-0.05, 0) is 35.9 Å². The molecular formula is C22H23NO7. The molecule has 0 spiro atoms. The van der Waals surface area contributed by atoms with Gasteiger partial charge >= 0.3 is 5.97 Å². The molecule has 1 unspecified atom stereocenters. The van der Waals surface area contributed by atoms with Crippen LogP contribution in [0.5, 0.6) is 23.0 Å². The first kappa shape index (κ1) is 21.0. The lowest BCUT2D eigenvalue weighted by Gasteiger charge is -2.26. The molecule has 1 amide bonds. The van der Waals surface area contributed by atoms with Gasteiger partial charge in [-0.15, -0.1) is 0 Å². The number of nitrogens with one attached hydrogen (secondary N) is 1. The Hall–Kier alpha value is -3.68. The summed E-state index contributed by atoms with van der Waals surface area (Å²) < 4.78 is 26.8. The first-order valence-corrected chi connectivity index (χ1v) is 9.31. The minimum Gasteiger partial charge on any atom is -0.493 e. The van der Waals surface area contributed by atoms with E-state index in [4.69, 9.17) is 18.9 Å². The molecule has 1 atom stereocenters. The maximum absolute atomic E-state index is 12.1. The minimum atomic E-state index is -0.457. The van der Waals surface area contributed by atoms with Crippen LogP contribution in [-0.4, -0.2) is 52.0 Å². The number of hydrogen-bond donors (Lipinski definition) is 1. The van der Waals surface area contributed by atoms with Gasteiger partial charge in [-0.1, -0.05) is 18.2 Å². The van der Waals surface area contributed by atoms with E-state index in [0.29, 0.717) is 36.1 Å². The summed E-state index contributed by atoms with van der Waals surface area (Å²) in [5.41, 5.74) is 0.726. The summed E-state index contributed by atoms with van der Waals surface area (Å²) in [7, 11) is 2.80. The van der Waals surface area contributed by atoms with Gasteiger partial charge in [0.2, 0.25) is 0 Å². The molecule has 2 aromatic rings. The number of amides is 1.